The Morgan fingerprint density at radius 3 is 2.66 bits per heavy atom. The fraction of sp³-hybridized carbons (Fsp3) is 0.231. The maximum absolute atomic E-state index is 13.3. The maximum Gasteiger partial charge on any atom is 0.252 e. The van der Waals surface area contributed by atoms with Crippen LogP contribution in [0.15, 0.2) is 70.1 Å². The summed E-state index contributed by atoms with van der Waals surface area (Å²) in [5.74, 6) is 1.11. The van der Waals surface area contributed by atoms with E-state index in [0.29, 0.717) is 37.6 Å². The van der Waals surface area contributed by atoms with Gasteiger partial charge in [0.1, 0.15) is 11.6 Å². The van der Waals surface area contributed by atoms with Crippen molar-refractivity contribution in [1.29, 1.82) is 0 Å². The van der Waals surface area contributed by atoms with Crippen molar-refractivity contribution < 1.29 is 8.81 Å². The van der Waals surface area contributed by atoms with Gasteiger partial charge in [0.25, 0.3) is 5.56 Å². The molecule has 0 aliphatic rings. The van der Waals surface area contributed by atoms with Crippen molar-refractivity contribution in [2.75, 3.05) is 0 Å². The molecular weight excluding hydrogens is 447 g/mol. The molecule has 1 N–H and O–H groups in total. The molecule has 2 aromatic carbocycles. The second-order valence-corrected chi connectivity index (χ2v) is 8.77. The van der Waals surface area contributed by atoms with E-state index in [4.69, 9.17) is 4.42 Å². The number of H-pyrrole nitrogens is 1. The Bertz CT molecular complexity index is 1510. The van der Waals surface area contributed by atoms with Crippen molar-refractivity contribution in [2.24, 2.45) is 0 Å². The van der Waals surface area contributed by atoms with E-state index in [1.807, 2.05) is 38.1 Å². The van der Waals surface area contributed by atoms with Crippen LogP contribution in [-0.2, 0) is 26.2 Å². The Labute approximate surface area is 201 Å². The van der Waals surface area contributed by atoms with Crippen LogP contribution >= 0.6 is 0 Å². The Hall–Kier alpha value is -4.11. The molecule has 0 spiro atoms. The van der Waals surface area contributed by atoms with E-state index in [-0.39, 0.29) is 11.4 Å². The molecule has 9 heteroatoms. The number of rotatable bonds is 8. The van der Waals surface area contributed by atoms with Crippen LogP contribution < -0.4 is 5.56 Å². The van der Waals surface area contributed by atoms with E-state index in [9.17, 15) is 9.18 Å². The highest BCUT2D eigenvalue weighted by molar-refractivity contribution is 5.83. The van der Waals surface area contributed by atoms with Gasteiger partial charge in [0.05, 0.1) is 25.9 Å². The lowest BCUT2D eigenvalue weighted by atomic mass is 10.0. The number of benzene rings is 2. The fourth-order valence-corrected chi connectivity index (χ4v) is 4.29. The van der Waals surface area contributed by atoms with Crippen molar-refractivity contribution >= 4 is 10.9 Å². The van der Waals surface area contributed by atoms with Crippen LogP contribution in [0, 0.1) is 19.7 Å². The maximum atomic E-state index is 13.3. The van der Waals surface area contributed by atoms with Crippen molar-refractivity contribution in [3.05, 3.63) is 111 Å². The number of fused-ring (bicyclic) bond motifs is 1. The zero-order chi connectivity index (χ0) is 24.4. The van der Waals surface area contributed by atoms with Crippen molar-refractivity contribution in [3.63, 3.8) is 0 Å². The highest BCUT2D eigenvalue weighted by atomic mass is 19.1. The van der Waals surface area contributed by atoms with Gasteiger partial charge in [0.15, 0.2) is 5.82 Å². The standard InChI is InChI=1S/C26H25FN6O2/c1-17-10-18(2)23-12-20(26(34)28-24(23)11-17)14-32(15-22-4-3-9-35-22)16-25-29-30-31-33(25)13-19-5-7-21(27)8-6-19/h3-12H,13-16H2,1-2H3,(H,28,34). The van der Waals surface area contributed by atoms with Crippen LogP contribution in [-0.4, -0.2) is 30.1 Å². The molecular formula is C26H25FN6O2. The van der Waals surface area contributed by atoms with Gasteiger partial charge in [-0.3, -0.25) is 9.69 Å². The highest BCUT2D eigenvalue weighted by Gasteiger charge is 2.17. The quantitative estimate of drug-likeness (QED) is 0.365. The number of halogens is 1. The normalized spacial score (nSPS) is 11.5. The summed E-state index contributed by atoms with van der Waals surface area (Å²) < 4.78 is 20.5. The number of aromatic amines is 1. The lowest BCUT2D eigenvalue weighted by molar-refractivity contribution is 0.217. The molecule has 0 amide bonds. The van der Waals surface area contributed by atoms with Crippen LogP contribution in [0.2, 0.25) is 0 Å². The van der Waals surface area contributed by atoms with Crippen molar-refractivity contribution in [2.45, 2.75) is 40.0 Å². The minimum atomic E-state index is -0.290. The summed E-state index contributed by atoms with van der Waals surface area (Å²) in [7, 11) is 0. The summed E-state index contributed by atoms with van der Waals surface area (Å²) in [5, 5.41) is 13.2. The predicted molar refractivity (Wildman–Crippen MR) is 129 cm³/mol. The molecule has 0 fully saturated rings. The lowest BCUT2D eigenvalue weighted by Crippen LogP contribution is -2.28. The fourth-order valence-electron chi connectivity index (χ4n) is 4.29. The molecule has 3 aromatic heterocycles. The average molecular weight is 473 g/mol. The van der Waals surface area contributed by atoms with Gasteiger partial charge >= 0.3 is 0 Å². The third kappa shape index (κ3) is 5.20. The molecule has 0 unspecified atom stereocenters. The van der Waals surface area contributed by atoms with Gasteiger partial charge in [-0.15, -0.1) is 5.10 Å². The SMILES string of the molecule is Cc1cc(C)c2cc(CN(Cc3ccco3)Cc3nnnn3Cc3ccc(F)cc3)c(=O)[nH]c2c1. The van der Waals surface area contributed by atoms with E-state index >= 15 is 0 Å². The molecule has 0 saturated heterocycles. The van der Waals surface area contributed by atoms with Crippen LogP contribution in [0.25, 0.3) is 10.9 Å². The van der Waals surface area contributed by atoms with Crippen molar-refractivity contribution in [1.82, 2.24) is 30.1 Å². The second-order valence-electron chi connectivity index (χ2n) is 8.77. The van der Waals surface area contributed by atoms with E-state index < -0.39 is 0 Å². The first-order valence-electron chi connectivity index (χ1n) is 11.3. The molecule has 0 aliphatic heterocycles. The largest absolute Gasteiger partial charge is 0.468 e. The molecule has 0 radical (unpaired) electrons. The third-order valence-electron chi connectivity index (χ3n) is 5.96. The van der Waals surface area contributed by atoms with Crippen LogP contribution in [0.1, 0.15) is 33.8 Å². The summed E-state index contributed by atoms with van der Waals surface area (Å²) in [4.78, 5) is 18.0. The number of aromatic nitrogens is 5. The topological polar surface area (TPSA) is 92.8 Å². The zero-order valence-corrected chi connectivity index (χ0v) is 19.5. The Kier molecular flexibility index (Phi) is 6.24. The molecule has 5 rings (SSSR count). The van der Waals surface area contributed by atoms with E-state index in [1.165, 1.54) is 12.1 Å². The summed E-state index contributed by atoms with van der Waals surface area (Å²) in [6, 6.07) is 16.0. The third-order valence-corrected chi connectivity index (χ3v) is 5.96. The van der Waals surface area contributed by atoms with Gasteiger partial charge < -0.3 is 9.40 Å². The predicted octanol–water partition coefficient (Wildman–Crippen LogP) is 4.11. The Morgan fingerprint density at radius 2 is 1.89 bits per heavy atom. The number of nitrogens with one attached hydrogen (secondary N) is 1. The first kappa shape index (κ1) is 22.7. The van der Waals surface area contributed by atoms with Crippen molar-refractivity contribution in [3.8, 4) is 0 Å². The van der Waals surface area contributed by atoms with Gasteiger partial charge in [0, 0.05) is 23.0 Å². The first-order chi connectivity index (χ1) is 16.9. The van der Waals surface area contributed by atoms with Gasteiger partial charge in [-0.05, 0) is 77.4 Å². The number of furan rings is 1. The molecule has 0 aliphatic carbocycles. The second kappa shape index (κ2) is 9.63. The van der Waals surface area contributed by atoms with Crippen LogP contribution in [0.5, 0.6) is 0 Å². The van der Waals surface area contributed by atoms with Crippen LogP contribution in [0.3, 0.4) is 0 Å². The molecule has 0 atom stereocenters. The number of pyridine rings is 1. The van der Waals surface area contributed by atoms with Gasteiger partial charge in [-0.1, -0.05) is 18.2 Å². The monoisotopic (exact) mass is 472 g/mol. The van der Waals surface area contributed by atoms with E-state index in [1.54, 1.807) is 23.1 Å². The lowest BCUT2D eigenvalue weighted by Gasteiger charge is -2.21. The first-order valence-corrected chi connectivity index (χ1v) is 11.3. The summed E-state index contributed by atoms with van der Waals surface area (Å²) in [6.07, 6.45) is 1.63. The Morgan fingerprint density at radius 1 is 1.06 bits per heavy atom. The van der Waals surface area contributed by atoms with E-state index in [2.05, 4.69) is 31.5 Å². The number of aryl methyl sites for hydroxylation is 2. The molecule has 178 valence electrons. The minimum Gasteiger partial charge on any atom is -0.468 e. The molecule has 0 bridgehead atoms. The number of tetrazole rings is 1. The zero-order valence-electron chi connectivity index (χ0n) is 19.5. The van der Waals surface area contributed by atoms with Gasteiger partial charge in [-0.25, -0.2) is 9.07 Å². The molecule has 35 heavy (non-hydrogen) atoms. The van der Waals surface area contributed by atoms with Gasteiger partial charge in [0.2, 0.25) is 0 Å². The Balaban J connectivity index is 1.43. The summed E-state index contributed by atoms with van der Waals surface area (Å²) in [6.45, 7) is 5.70. The smallest absolute Gasteiger partial charge is 0.252 e. The number of hydrogen-bond donors (Lipinski definition) is 1. The van der Waals surface area contributed by atoms with Crippen LogP contribution in [0.4, 0.5) is 4.39 Å². The van der Waals surface area contributed by atoms with Gasteiger partial charge in [-0.2, -0.15) is 0 Å². The average Bonchev–Trinajstić information content (AvgIpc) is 3.48. The van der Waals surface area contributed by atoms with E-state index in [0.717, 1.165) is 33.4 Å². The highest BCUT2D eigenvalue weighted by Crippen LogP contribution is 2.20. The molecule has 3 heterocycles. The minimum absolute atomic E-state index is 0.127. The summed E-state index contributed by atoms with van der Waals surface area (Å²) >= 11 is 0. The number of hydrogen-bond acceptors (Lipinski definition) is 6. The molecule has 0 saturated carbocycles. The number of nitrogens with zero attached hydrogens (tertiary/aromatic N) is 5. The molecule has 8 nitrogen and oxygen atoms in total. The summed E-state index contributed by atoms with van der Waals surface area (Å²) in [5.41, 5.74) is 4.45. The molecule has 5 aromatic rings.